The summed E-state index contributed by atoms with van der Waals surface area (Å²) in [7, 11) is 0. The molecule has 1 aliphatic heterocycles. The van der Waals surface area contributed by atoms with Crippen molar-refractivity contribution >= 4 is 16.5 Å². The molecule has 0 aliphatic carbocycles. The van der Waals surface area contributed by atoms with E-state index < -0.39 is 0 Å². The van der Waals surface area contributed by atoms with Gasteiger partial charge in [0, 0.05) is 30.4 Å². The molecule has 0 bridgehead atoms. The first kappa shape index (κ1) is 17.6. The summed E-state index contributed by atoms with van der Waals surface area (Å²) < 4.78 is 0. The maximum atomic E-state index is 9.45. The summed E-state index contributed by atoms with van der Waals surface area (Å²) in [6.07, 6.45) is 3.49. The number of anilines is 1. The molecule has 27 heavy (non-hydrogen) atoms. The highest BCUT2D eigenvalue weighted by atomic mass is 15.6. The van der Waals surface area contributed by atoms with Crippen molar-refractivity contribution in [3.05, 3.63) is 77.4 Å². The molecule has 0 unspecified atom stereocenters. The normalized spacial score (nSPS) is 15.0. The van der Waals surface area contributed by atoms with Crippen LogP contribution < -0.4 is 5.01 Å². The Morgan fingerprint density at radius 3 is 2.56 bits per heavy atom. The molecular weight excluding hydrogens is 330 g/mol. The molecule has 1 heterocycles. The summed E-state index contributed by atoms with van der Waals surface area (Å²) in [6.45, 7) is 5.28. The third-order valence-corrected chi connectivity index (χ3v) is 5.42. The monoisotopic (exact) mass is 355 g/mol. The Labute approximate surface area is 161 Å². The molecule has 0 atom stereocenters. The van der Waals surface area contributed by atoms with Crippen molar-refractivity contribution in [2.75, 3.05) is 24.6 Å². The van der Waals surface area contributed by atoms with Crippen LogP contribution in [0.25, 0.3) is 10.8 Å². The molecule has 0 spiro atoms. The predicted octanol–water partition coefficient (Wildman–Crippen LogP) is 5.08. The van der Waals surface area contributed by atoms with Crippen molar-refractivity contribution in [2.24, 2.45) is 0 Å². The van der Waals surface area contributed by atoms with Gasteiger partial charge in [0.15, 0.2) is 0 Å². The number of nitriles is 1. The van der Waals surface area contributed by atoms with Gasteiger partial charge in [0.05, 0.1) is 17.3 Å². The summed E-state index contributed by atoms with van der Waals surface area (Å²) in [5, 5.41) is 16.6. The first-order valence-corrected chi connectivity index (χ1v) is 9.76. The molecular formula is C24H25N3. The number of hydrogen-bond donors (Lipinski definition) is 0. The van der Waals surface area contributed by atoms with Crippen molar-refractivity contribution in [1.29, 1.82) is 5.26 Å². The van der Waals surface area contributed by atoms with Gasteiger partial charge in [-0.15, -0.1) is 0 Å². The van der Waals surface area contributed by atoms with Crippen LogP contribution in [0.15, 0.2) is 60.7 Å². The maximum absolute atomic E-state index is 9.45. The lowest BCUT2D eigenvalue weighted by Crippen LogP contribution is -2.48. The number of benzene rings is 3. The second-order valence-corrected chi connectivity index (χ2v) is 7.31. The minimum absolute atomic E-state index is 0.748. The van der Waals surface area contributed by atoms with Crippen molar-refractivity contribution in [3.63, 3.8) is 0 Å². The van der Waals surface area contributed by atoms with E-state index in [1.54, 1.807) is 0 Å². The molecule has 0 N–H and O–H groups in total. The lowest BCUT2D eigenvalue weighted by atomic mass is 10.0. The lowest BCUT2D eigenvalue weighted by molar-refractivity contribution is 0.215. The SMILES string of the molecule is Cc1cccc(CCN2CCCCN2c2ccc(C#N)c3ccccc23)c1. The van der Waals surface area contributed by atoms with Gasteiger partial charge in [-0.3, -0.25) is 0 Å². The van der Waals surface area contributed by atoms with Gasteiger partial charge in [-0.1, -0.05) is 54.1 Å². The highest BCUT2D eigenvalue weighted by Gasteiger charge is 2.22. The number of fused-ring (bicyclic) bond motifs is 1. The average molecular weight is 355 g/mol. The molecule has 3 heteroatoms. The first-order valence-electron chi connectivity index (χ1n) is 9.76. The van der Waals surface area contributed by atoms with E-state index in [0.717, 1.165) is 37.0 Å². The minimum Gasteiger partial charge on any atom is -0.305 e. The number of nitrogens with zero attached hydrogens (tertiary/aromatic N) is 3. The zero-order chi connectivity index (χ0) is 18.6. The van der Waals surface area contributed by atoms with Gasteiger partial charge >= 0.3 is 0 Å². The number of hydrazine groups is 1. The van der Waals surface area contributed by atoms with Crippen molar-refractivity contribution < 1.29 is 0 Å². The summed E-state index contributed by atoms with van der Waals surface area (Å²) in [5.41, 5.74) is 4.68. The molecule has 0 radical (unpaired) electrons. The van der Waals surface area contributed by atoms with E-state index in [4.69, 9.17) is 0 Å². The zero-order valence-corrected chi connectivity index (χ0v) is 15.9. The molecule has 3 aromatic rings. The Kier molecular flexibility index (Phi) is 5.09. The van der Waals surface area contributed by atoms with Crippen LogP contribution in [0.4, 0.5) is 5.69 Å². The molecule has 1 saturated heterocycles. The predicted molar refractivity (Wildman–Crippen MR) is 112 cm³/mol. The molecule has 0 amide bonds. The van der Waals surface area contributed by atoms with Crippen molar-refractivity contribution in [3.8, 4) is 6.07 Å². The molecule has 1 fully saturated rings. The van der Waals surface area contributed by atoms with Crippen molar-refractivity contribution in [2.45, 2.75) is 26.2 Å². The maximum Gasteiger partial charge on any atom is 0.0998 e. The Morgan fingerprint density at radius 1 is 0.926 bits per heavy atom. The minimum atomic E-state index is 0.748. The highest BCUT2D eigenvalue weighted by Crippen LogP contribution is 2.32. The van der Waals surface area contributed by atoms with E-state index in [1.807, 2.05) is 12.1 Å². The van der Waals surface area contributed by atoms with Crippen LogP contribution in [0.1, 0.15) is 29.5 Å². The molecule has 4 rings (SSSR count). The molecule has 1 aliphatic rings. The fourth-order valence-corrected chi connectivity index (χ4v) is 4.05. The Hall–Kier alpha value is -2.83. The number of rotatable bonds is 4. The van der Waals surface area contributed by atoms with E-state index >= 15 is 0 Å². The number of hydrogen-bond acceptors (Lipinski definition) is 3. The summed E-state index contributed by atoms with van der Waals surface area (Å²) in [4.78, 5) is 0. The average Bonchev–Trinajstić information content (AvgIpc) is 2.72. The lowest BCUT2D eigenvalue weighted by Gasteiger charge is -2.41. The fraction of sp³-hybridized carbons (Fsp3) is 0.292. The molecule has 0 saturated carbocycles. The Bertz CT molecular complexity index is 986. The third kappa shape index (κ3) is 3.67. The Balaban J connectivity index is 1.63. The molecule has 3 nitrogen and oxygen atoms in total. The van der Waals surface area contributed by atoms with Crippen LogP contribution in [0.2, 0.25) is 0 Å². The van der Waals surface area contributed by atoms with E-state index in [1.165, 1.54) is 35.0 Å². The summed E-state index contributed by atoms with van der Waals surface area (Å²) in [5.74, 6) is 0. The van der Waals surface area contributed by atoms with Crippen LogP contribution in [-0.2, 0) is 6.42 Å². The number of aryl methyl sites for hydroxylation is 1. The highest BCUT2D eigenvalue weighted by molar-refractivity contribution is 5.97. The van der Waals surface area contributed by atoms with Gasteiger partial charge < -0.3 is 5.01 Å². The molecule has 3 aromatic carbocycles. The second-order valence-electron chi connectivity index (χ2n) is 7.31. The fourth-order valence-electron chi connectivity index (χ4n) is 4.05. The first-order chi connectivity index (χ1) is 13.3. The van der Waals surface area contributed by atoms with E-state index in [9.17, 15) is 5.26 Å². The smallest absolute Gasteiger partial charge is 0.0998 e. The van der Waals surface area contributed by atoms with Gasteiger partial charge in [0.1, 0.15) is 0 Å². The molecule has 0 aromatic heterocycles. The summed E-state index contributed by atoms with van der Waals surface area (Å²) >= 11 is 0. The van der Waals surface area contributed by atoms with E-state index in [2.05, 4.69) is 71.5 Å². The van der Waals surface area contributed by atoms with Gasteiger partial charge in [0.25, 0.3) is 0 Å². The van der Waals surface area contributed by atoms with Crippen LogP contribution in [-0.4, -0.2) is 24.6 Å². The largest absolute Gasteiger partial charge is 0.305 e. The van der Waals surface area contributed by atoms with E-state index in [0.29, 0.717) is 0 Å². The van der Waals surface area contributed by atoms with Crippen LogP contribution in [0.3, 0.4) is 0 Å². The summed E-state index contributed by atoms with van der Waals surface area (Å²) in [6, 6.07) is 23.5. The van der Waals surface area contributed by atoms with Crippen LogP contribution in [0, 0.1) is 18.3 Å². The van der Waals surface area contributed by atoms with E-state index in [-0.39, 0.29) is 0 Å². The van der Waals surface area contributed by atoms with Gasteiger partial charge in [0.2, 0.25) is 0 Å². The van der Waals surface area contributed by atoms with Gasteiger partial charge in [-0.05, 0) is 43.9 Å². The van der Waals surface area contributed by atoms with Crippen molar-refractivity contribution in [1.82, 2.24) is 5.01 Å². The second kappa shape index (κ2) is 7.82. The Morgan fingerprint density at radius 2 is 1.74 bits per heavy atom. The van der Waals surface area contributed by atoms with Gasteiger partial charge in [-0.25, -0.2) is 5.01 Å². The topological polar surface area (TPSA) is 30.3 Å². The standard InChI is InChI=1S/C24H25N3/c1-19-7-6-8-20(17-19)13-16-26-14-4-5-15-27(26)24-12-11-21(18-25)22-9-2-3-10-23(22)24/h2-3,6-12,17H,4-5,13-16H2,1H3. The quantitative estimate of drug-likeness (QED) is 0.654. The van der Waals surface area contributed by atoms with Crippen LogP contribution in [0.5, 0.6) is 0 Å². The van der Waals surface area contributed by atoms with Gasteiger partial charge in [-0.2, -0.15) is 5.26 Å². The molecule has 136 valence electrons. The van der Waals surface area contributed by atoms with Crippen LogP contribution >= 0.6 is 0 Å². The third-order valence-electron chi connectivity index (χ3n) is 5.42. The zero-order valence-electron chi connectivity index (χ0n) is 15.9.